The first-order valence-electron chi connectivity index (χ1n) is 8.53. The zero-order chi connectivity index (χ0) is 19.1. The largest absolute Gasteiger partial charge is 0.486 e. The minimum absolute atomic E-state index is 0.152. The molecule has 2 heterocycles. The molecule has 1 aliphatic heterocycles. The summed E-state index contributed by atoms with van der Waals surface area (Å²) in [5.41, 5.74) is 5.12. The summed E-state index contributed by atoms with van der Waals surface area (Å²) in [4.78, 5) is 12.1. The normalized spacial score (nSPS) is 16.0. The minimum Gasteiger partial charge on any atom is -0.486 e. The highest BCUT2D eigenvalue weighted by atomic mass is 35.5. The second-order valence-electron chi connectivity index (χ2n) is 5.93. The molecular formula is C18H20ClN3O4S. The highest BCUT2D eigenvalue weighted by molar-refractivity contribution is 7.80. The molecule has 0 radical (unpaired) electrons. The van der Waals surface area contributed by atoms with Gasteiger partial charge in [-0.05, 0) is 61.5 Å². The van der Waals surface area contributed by atoms with Gasteiger partial charge in [-0.3, -0.25) is 15.6 Å². The maximum absolute atomic E-state index is 12.1. The Morgan fingerprint density at radius 3 is 2.78 bits per heavy atom. The fourth-order valence-electron chi connectivity index (χ4n) is 2.49. The van der Waals surface area contributed by atoms with Gasteiger partial charge in [-0.1, -0.05) is 11.6 Å². The Balaban J connectivity index is 1.39. The average Bonchev–Trinajstić information content (AvgIpc) is 3.36. The van der Waals surface area contributed by atoms with Crippen LogP contribution in [0.4, 0.5) is 0 Å². The second-order valence-corrected chi connectivity index (χ2v) is 6.78. The summed E-state index contributed by atoms with van der Waals surface area (Å²) >= 11 is 10.9. The highest BCUT2D eigenvalue weighted by Gasteiger charge is 2.16. The molecule has 1 aliphatic rings. The van der Waals surface area contributed by atoms with E-state index in [0.717, 1.165) is 19.4 Å². The lowest BCUT2D eigenvalue weighted by Gasteiger charge is -2.14. The van der Waals surface area contributed by atoms with Gasteiger partial charge in [-0.2, -0.15) is 0 Å². The lowest BCUT2D eigenvalue weighted by molar-refractivity contribution is 0.0911. The molecule has 0 saturated carbocycles. The van der Waals surface area contributed by atoms with E-state index < -0.39 is 5.91 Å². The predicted octanol–water partition coefficient (Wildman–Crippen LogP) is 2.80. The van der Waals surface area contributed by atoms with Crippen molar-refractivity contribution in [3.05, 3.63) is 52.9 Å². The van der Waals surface area contributed by atoms with E-state index in [1.165, 1.54) is 0 Å². The van der Waals surface area contributed by atoms with Crippen LogP contribution < -0.4 is 20.9 Å². The second kappa shape index (κ2) is 9.59. The van der Waals surface area contributed by atoms with Crippen molar-refractivity contribution in [1.82, 2.24) is 16.2 Å². The molecule has 27 heavy (non-hydrogen) atoms. The quantitative estimate of drug-likeness (QED) is 0.499. The summed E-state index contributed by atoms with van der Waals surface area (Å²) < 4.78 is 16.5. The van der Waals surface area contributed by atoms with Crippen molar-refractivity contribution in [2.45, 2.75) is 25.6 Å². The zero-order valence-corrected chi connectivity index (χ0v) is 16.1. The fourth-order valence-corrected chi connectivity index (χ4v) is 2.75. The van der Waals surface area contributed by atoms with Gasteiger partial charge in [0.2, 0.25) is 0 Å². The van der Waals surface area contributed by atoms with Gasteiger partial charge in [0.25, 0.3) is 0 Å². The van der Waals surface area contributed by atoms with E-state index in [9.17, 15) is 4.79 Å². The maximum Gasteiger partial charge on any atom is 0.305 e. The van der Waals surface area contributed by atoms with Crippen molar-refractivity contribution in [2.24, 2.45) is 0 Å². The summed E-state index contributed by atoms with van der Waals surface area (Å²) in [6.45, 7) is 1.59. The lowest BCUT2D eigenvalue weighted by atomic mass is 10.2. The molecular weight excluding hydrogens is 390 g/mol. The number of amides is 1. The van der Waals surface area contributed by atoms with Crippen LogP contribution in [0.5, 0.6) is 5.75 Å². The predicted molar refractivity (Wildman–Crippen MR) is 105 cm³/mol. The van der Waals surface area contributed by atoms with Crippen molar-refractivity contribution < 1.29 is 18.7 Å². The SMILES string of the molecule is O=C(NNC(=S)NC[C@@H]1CCCO1)c1ccc(COc2ccc(Cl)cc2)o1. The number of hydrazine groups is 1. The van der Waals surface area contributed by atoms with Crippen molar-refractivity contribution in [3.8, 4) is 5.75 Å². The van der Waals surface area contributed by atoms with Crippen LogP contribution in [0, 0.1) is 0 Å². The number of thiocarbonyl (C=S) groups is 1. The van der Waals surface area contributed by atoms with Crippen LogP contribution in [0.3, 0.4) is 0 Å². The van der Waals surface area contributed by atoms with Crippen LogP contribution in [0.15, 0.2) is 40.8 Å². The Hall–Kier alpha value is -2.29. The number of carbonyl (C=O) groups excluding carboxylic acids is 1. The summed E-state index contributed by atoms with van der Waals surface area (Å²) in [5, 5.41) is 3.95. The van der Waals surface area contributed by atoms with Gasteiger partial charge in [0.1, 0.15) is 18.1 Å². The number of ether oxygens (including phenoxy) is 2. The van der Waals surface area contributed by atoms with E-state index in [1.54, 1.807) is 36.4 Å². The number of nitrogens with one attached hydrogen (secondary N) is 3. The van der Waals surface area contributed by atoms with Crippen molar-refractivity contribution in [1.29, 1.82) is 0 Å². The number of furan rings is 1. The molecule has 2 aromatic rings. The van der Waals surface area contributed by atoms with Gasteiger partial charge in [-0.15, -0.1) is 0 Å². The Morgan fingerprint density at radius 1 is 1.22 bits per heavy atom. The first-order valence-corrected chi connectivity index (χ1v) is 9.31. The van der Waals surface area contributed by atoms with Crippen molar-refractivity contribution >= 4 is 34.8 Å². The number of hydrogen-bond acceptors (Lipinski definition) is 5. The molecule has 1 aromatic heterocycles. The van der Waals surface area contributed by atoms with Crippen LogP contribution in [0.2, 0.25) is 5.02 Å². The molecule has 3 N–H and O–H groups in total. The van der Waals surface area contributed by atoms with Crippen LogP contribution >= 0.6 is 23.8 Å². The summed E-state index contributed by atoms with van der Waals surface area (Å²) in [6, 6.07) is 10.2. The number of benzene rings is 1. The molecule has 1 atom stereocenters. The smallest absolute Gasteiger partial charge is 0.305 e. The van der Waals surface area contributed by atoms with Crippen molar-refractivity contribution in [2.75, 3.05) is 13.2 Å². The minimum atomic E-state index is -0.436. The van der Waals surface area contributed by atoms with Gasteiger partial charge >= 0.3 is 5.91 Å². The first-order chi connectivity index (χ1) is 13.1. The van der Waals surface area contributed by atoms with Crippen LogP contribution in [-0.2, 0) is 11.3 Å². The van der Waals surface area contributed by atoms with E-state index in [2.05, 4.69) is 16.2 Å². The molecule has 144 valence electrons. The molecule has 0 spiro atoms. The summed E-state index contributed by atoms with van der Waals surface area (Å²) in [5.74, 6) is 0.897. The number of halogens is 1. The topological polar surface area (TPSA) is 84.8 Å². The standard InChI is InChI=1S/C18H20ClN3O4S/c19-12-3-5-13(6-4-12)25-11-15-7-8-16(26-15)17(23)21-22-18(27)20-10-14-2-1-9-24-14/h3-8,14H,1-2,9-11H2,(H,21,23)(H2,20,22,27)/t14-/m0/s1. The third-order valence-corrected chi connectivity index (χ3v) is 4.38. The Bertz CT molecular complexity index is 775. The molecule has 3 rings (SSSR count). The van der Waals surface area contributed by atoms with E-state index in [4.69, 9.17) is 37.7 Å². The molecule has 0 unspecified atom stereocenters. The van der Waals surface area contributed by atoms with Gasteiger partial charge < -0.3 is 19.2 Å². The number of rotatable bonds is 6. The summed E-state index contributed by atoms with van der Waals surface area (Å²) in [7, 11) is 0. The van der Waals surface area contributed by atoms with Crippen LogP contribution in [0.25, 0.3) is 0 Å². The fraction of sp³-hybridized carbons (Fsp3) is 0.333. The molecule has 1 amide bonds. The van der Waals surface area contributed by atoms with E-state index in [0.29, 0.717) is 28.2 Å². The zero-order valence-electron chi connectivity index (χ0n) is 14.5. The van der Waals surface area contributed by atoms with Crippen LogP contribution in [-0.4, -0.2) is 30.3 Å². The molecule has 0 aliphatic carbocycles. The maximum atomic E-state index is 12.1. The Labute approximate surface area is 167 Å². The van der Waals surface area contributed by atoms with E-state index in [-0.39, 0.29) is 18.5 Å². The molecule has 1 fully saturated rings. The molecule has 0 bridgehead atoms. The first kappa shape index (κ1) is 19.5. The molecule has 1 saturated heterocycles. The number of hydrogen-bond donors (Lipinski definition) is 3. The van der Waals surface area contributed by atoms with Crippen LogP contribution in [0.1, 0.15) is 29.2 Å². The average molecular weight is 410 g/mol. The highest BCUT2D eigenvalue weighted by Crippen LogP contribution is 2.17. The third kappa shape index (κ3) is 6.13. The van der Waals surface area contributed by atoms with Gasteiger partial charge in [0, 0.05) is 18.2 Å². The lowest BCUT2D eigenvalue weighted by Crippen LogP contribution is -2.48. The Kier molecular flexibility index (Phi) is 6.92. The number of carbonyl (C=O) groups is 1. The van der Waals surface area contributed by atoms with Gasteiger partial charge in [0.15, 0.2) is 10.9 Å². The van der Waals surface area contributed by atoms with E-state index >= 15 is 0 Å². The molecule has 1 aromatic carbocycles. The summed E-state index contributed by atoms with van der Waals surface area (Å²) in [6.07, 6.45) is 2.23. The van der Waals surface area contributed by atoms with Crippen molar-refractivity contribution in [3.63, 3.8) is 0 Å². The molecule has 7 nitrogen and oxygen atoms in total. The monoisotopic (exact) mass is 409 g/mol. The van der Waals surface area contributed by atoms with Gasteiger partial charge in [-0.25, -0.2) is 0 Å². The Morgan fingerprint density at radius 2 is 2.04 bits per heavy atom. The van der Waals surface area contributed by atoms with E-state index in [1.807, 2.05) is 0 Å². The van der Waals surface area contributed by atoms with Gasteiger partial charge in [0.05, 0.1) is 6.10 Å². The molecule has 9 heteroatoms. The third-order valence-electron chi connectivity index (χ3n) is 3.88.